The number of benzene rings is 2. The maximum atomic E-state index is 13.8. The molecule has 1 aromatic heterocycles. The molecule has 0 radical (unpaired) electrons. The minimum atomic E-state index is -0.672. The van der Waals surface area contributed by atoms with E-state index >= 15 is 0 Å². The van der Waals surface area contributed by atoms with Gasteiger partial charge in [-0.15, -0.1) is 0 Å². The van der Waals surface area contributed by atoms with E-state index in [1.807, 2.05) is 4.90 Å². The number of carbonyl (C=O) groups excluding carboxylic acids is 1. The van der Waals surface area contributed by atoms with Gasteiger partial charge in [0.15, 0.2) is 11.3 Å². The number of likely N-dealkylation sites (N-methyl/N-ethyl adjacent to an activating group) is 1. The molecule has 2 saturated heterocycles. The van der Waals surface area contributed by atoms with E-state index in [4.69, 9.17) is 9.15 Å². The lowest BCUT2D eigenvalue weighted by Gasteiger charge is -2.27. The molecule has 8 nitrogen and oxygen atoms in total. The number of amides is 1. The van der Waals surface area contributed by atoms with Crippen LogP contribution in [-0.4, -0.2) is 75.0 Å². The van der Waals surface area contributed by atoms with Crippen molar-refractivity contribution in [3.8, 4) is 0 Å². The molecule has 0 spiro atoms. The predicted molar refractivity (Wildman–Crippen MR) is 135 cm³/mol. The third-order valence-electron chi connectivity index (χ3n) is 6.92. The summed E-state index contributed by atoms with van der Waals surface area (Å²) in [6.45, 7) is 3.26. The Morgan fingerprint density at radius 3 is 2.49 bits per heavy atom. The minimum absolute atomic E-state index is 0.241. The summed E-state index contributed by atoms with van der Waals surface area (Å²) in [5.41, 5.74) is 1.46. The maximum absolute atomic E-state index is 13.8. The molecular formula is C27H29F2N3O5. The fourth-order valence-electron chi connectivity index (χ4n) is 4.85. The predicted octanol–water partition coefficient (Wildman–Crippen LogP) is 2.79. The molecule has 1 amide bonds. The lowest BCUT2D eigenvalue weighted by atomic mass is 10.0. The number of hydrogen-bond donors (Lipinski definition) is 1. The molecule has 3 heterocycles. The Kier molecular flexibility index (Phi) is 7.12. The van der Waals surface area contributed by atoms with Crippen molar-refractivity contribution in [2.45, 2.75) is 18.9 Å². The molecule has 3 aromatic rings. The zero-order chi connectivity index (χ0) is 26.1. The van der Waals surface area contributed by atoms with Gasteiger partial charge in [0.1, 0.15) is 17.2 Å². The zero-order valence-electron chi connectivity index (χ0n) is 20.6. The van der Waals surface area contributed by atoms with Crippen molar-refractivity contribution in [2.24, 2.45) is 0 Å². The van der Waals surface area contributed by atoms with Crippen LogP contribution in [0.2, 0.25) is 0 Å². The Morgan fingerprint density at radius 1 is 1.08 bits per heavy atom. The van der Waals surface area contributed by atoms with Crippen molar-refractivity contribution in [1.29, 1.82) is 0 Å². The van der Waals surface area contributed by atoms with E-state index < -0.39 is 17.7 Å². The number of aliphatic hydroxyl groups excluding tert-OH is 1. The van der Waals surface area contributed by atoms with Gasteiger partial charge in [-0.25, -0.2) is 8.78 Å². The Bertz CT molecular complexity index is 1350. The van der Waals surface area contributed by atoms with Crippen LogP contribution in [0.3, 0.4) is 0 Å². The van der Waals surface area contributed by atoms with Crippen LogP contribution in [0.1, 0.15) is 22.3 Å². The Labute approximate surface area is 212 Å². The van der Waals surface area contributed by atoms with Crippen molar-refractivity contribution in [3.05, 3.63) is 69.4 Å². The molecule has 1 atom stereocenters. The molecule has 196 valence electrons. The van der Waals surface area contributed by atoms with Crippen molar-refractivity contribution in [3.63, 3.8) is 0 Å². The van der Waals surface area contributed by atoms with Gasteiger partial charge < -0.3 is 29.0 Å². The number of ether oxygens (including phenoxy) is 1. The van der Waals surface area contributed by atoms with Crippen molar-refractivity contribution < 1.29 is 27.8 Å². The number of carbonyl (C=O) groups is 1. The van der Waals surface area contributed by atoms with Crippen LogP contribution >= 0.6 is 0 Å². The lowest BCUT2D eigenvalue weighted by molar-refractivity contribution is 0.0765. The summed E-state index contributed by atoms with van der Waals surface area (Å²) in [5, 5.41) is 10.2. The van der Waals surface area contributed by atoms with Gasteiger partial charge in [0.2, 0.25) is 0 Å². The number of morpholine rings is 1. The average molecular weight is 514 g/mol. The number of β-amino-alcohol motifs (C(OH)–C–C–N with tert-alkyl or cyclic N) is 1. The molecule has 0 saturated carbocycles. The molecule has 2 aromatic carbocycles. The van der Waals surface area contributed by atoms with Gasteiger partial charge >= 0.3 is 0 Å². The molecule has 0 aliphatic carbocycles. The van der Waals surface area contributed by atoms with Gasteiger partial charge in [0.25, 0.3) is 5.91 Å². The van der Waals surface area contributed by atoms with Gasteiger partial charge in [0.05, 0.1) is 24.7 Å². The Hall–Kier alpha value is -3.50. The van der Waals surface area contributed by atoms with E-state index in [0.717, 1.165) is 6.07 Å². The molecule has 10 heteroatoms. The monoisotopic (exact) mass is 513 g/mol. The third kappa shape index (κ3) is 5.45. The highest BCUT2D eigenvalue weighted by Crippen LogP contribution is 2.27. The largest absolute Gasteiger partial charge is 0.440 e. The summed E-state index contributed by atoms with van der Waals surface area (Å²) in [7, 11) is 1.71. The smallest absolute Gasteiger partial charge is 0.253 e. The zero-order valence-corrected chi connectivity index (χ0v) is 20.6. The van der Waals surface area contributed by atoms with Crippen molar-refractivity contribution >= 4 is 28.4 Å². The van der Waals surface area contributed by atoms with Gasteiger partial charge in [-0.05, 0) is 42.7 Å². The summed E-state index contributed by atoms with van der Waals surface area (Å²) in [5.74, 6) is -1.18. The van der Waals surface area contributed by atoms with E-state index in [1.165, 1.54) is 18.2 Å². The van der Waals surface area contributed by atoms with E-state index in [0.29, 0.717) is 80.5 Å². The van der Waals surface area contributed by atoms with Crippen molar-refractivity contribution in [2.75, 3.05) is 62.8 Å². The van der Waals surface area contributed by atoms with Crippen LogP contribution in [0.5, 0.6) is 0 Å². The molecule has 1 unspecified atom stereocenters. The van der Waals surface area contributed by atoms with Crippen LogP contribution in [0.15, 0.2) is 45.6 Å². The number of fused-ring (bicyclic) bond motifs is 1. The number of aliphatic hydroxyl groups is 1. The van der Waals surface area contributed by atoms with Crippen LogP contribution < -0.4 is 15.2 Å². The number of nitrogens with zero attached hydrogens (tertiary/aromatic N) is 3. The number of rotatable bonds is 6. The second kappa shape index (κ2) is 10.5. The second-order valence-electron chi connectivity index (χ2n) is 9.55. The second-order valence-corrected chi connectivity index (χ2v) is 9.55. The van der Waals surface area contributed by atoms with E-state index in [9.17, 15) is 23.5 Å². The molecule has 2 aliphatic heterocycles. The molecule has 37 heavy (non-hydrogen) atoms. The Balaban J connectivity index is 1.52. The van der Waals surface area contributed by atoms with Crippen LogP contribution in [0.4, 0.5) is 20.4 Å². The Morgan fingerprint density at radius 2 is 1.81 bits per heavy atom. The molecule has 1 N–H and O–H groups in total. The highest BCUT2D eigenvalue weighted by molar-refractivity contribution is 5.99. The van der Waals surface area contributed by atoms with E-state index in [2.05, 4.69) is 0 Å². The van der Waals surface area contributed by atoms with Gasteiger partial charge in [0, 0.05) is 63.2 Å². The number of hydrogen-bond acceptors (Lipinski definition) is 7. The fourth-order valence-corrected chi connectivity index (χ4v) is 4.85. The number of likely N-dealkylation sites (tertiary alicyclic amines) is 1. The SMILES string of the molecule is CN(CCc1cc(C(=O)N2CCC(O)C2)cc2c(=O)cc(N3CCOCC3)oc12)c1cc(F)cc(F)c1. The first-order valence-corrected chi connectivity index (χ1v) is 12.4. The minimum Gasteiger partial charge on any atom is -0.440 e. The van der Waals surface area contributed by atoms with Gasteiger partial charge in [-0.3, -0.25) is 9.59 Å². The summed E-state index contributed by atoms with van der Waals surface area (Å²) in [4.78, 5) is 31.6. The lowest BCUT2D eigenvalue weighted by Crippen LogP contribution is -2.36. The summed E-state index contributed by atoms with van der Waals surface area (Å²) < 4.78 is 39.1. The molecule has 5 rings (SSSR count). The first-order valence-electron chi connectivity index (χ1n) is 12.4. The first kappa shape index (κ1) is 25.2. The normalized spacial score (nSPS) is 18.0. The third-order valence-corrected chi connectivity index (χ3v) is 6.92. The molecular weight excluding hydrogens is 484 g/mol. The van der Waals surface area contributed by atoms with E-state index in [1.54, 1.807) is 29.0 Å². The number of anilines is 2. The fraction of sp³-hybridized carbons (Fsp3) is 0.407. The average Bonchev–Trinajstić information content (AvgIpc) is 3.32. The van der Waals surface area contributed by atoms with Crippen LogP contribution in [0.25, 0.3) is 11.0 Å². The van der Waals surface area contributed by atoms with Crippen LogP contribution in [-0.2, 0) is 11.2 Å². The highest BCUT2D eigenvalue weighted by Gasteiger charge is 2.27. The summed E-state index contributed by atoms with van der Waals surface area (Å²) in [6.07, 6.45) is 0.293. The van der Waals surface area contributed by atoms with Crippen molar-refractivity contribution in [1.82, 2.24) is 4.90 Å². The quantitative estimate of drug-likeness (QED) is 0.543. The topological polar surface area (TPSA) is 86.5 Å². The number of halogens is 2. The van der Waals surface area contributed by atoms with Gasteiger partial charge in [-0.1, -0.05) is 0 Å². The highest BCUT2D eigenvalue weighted by atomic mass is 19.1. The molecule has 2 aliphatic rings. The molecule has 0 bridgehead atoms. The van der Waals surface area contributed by atoms with E-state index in [-0.39, 0.29) is 23.3 Å². The first-order chi connectivity index (χ1) is 17.8. The summed E-state index contributed by atoms with van der Waals surface area (Å²) in [6, 6.07) is 8.00. The van der Waals surface area contributed by atoms with Gasteiger partial charge in [-0.2, -0.15) is 0 Å². The maximum Gasteiger partial charge on any atom is 0.253 e. The van der Waals surface area contributed by atoms with Crippen LogP contribution in [0, 0.1) is 11.6 Å². The summed E-state index contributed by atoms with van der Waals surface area (Å²) >= 11 is 0. The standard InChI is InChI=1S/C27H29F2N3O5/c1-30(21-13-19(28)12-20(29)14-21)4-2-17-10-18(27(35)32-5-3-22(33)16-32)11-23-24(34)15-25(37-26(17)23)31-6-8-36-9-7-31/h10-15,22,33H,2-9,16H2,1H3. The molecule has 2 fully saturated rings.